The molecular formula is C22H32BN3O4. The highest BCUT2D eigenvalue weighted by Crippen LogP contribution is 2.36. The maximum atomic E-state index is 12.3. The van der Waals surface area contributed by atoms with Crippen LogP contribution in [0.2, 0.25) is 0 Å². The minimum atomic E-state index is -0.508. The van der Waals surface area contributed by atoms with Crippen LogP contribution in [-0.4, -0.2) is 61.1 Å². The number of carbonyl (C=O) groups excluding carboxylic acids is 1. The zero-order chi connectivity index (χ0) is 22.3. The molecule has 1 amide bonds. The predicted molar refractivity (Wildman–Crippen MR) is 117 cm³/mol. The first kappa shape index (κ1) is 22.5. The number of rotatable bonds is 2. The maximum Gasteiger partial charge on any atom is 0.494 e. The van der Waals surface area contributed by atoms with Crippen LogP contribution in [0.3, 0.4) is 0 Å². The van der Waals surface area contributed by atoms with Gasteiger partial charge in [-0.3, -0.25) is 0 Å². The Hall–Kier alpha value is -2.24. The highest BCUT2D eigenvalue weighted by atomic mass is 16.7. The zero-order valence-corrected chi connectivity index (χ0v) is 19.1. The summed E-state index contributed by atoms with van der Waals surface area (Å²) in [4.78, 5) is 16.1. The van der Waals surface area contributed by atoms with E-state index >= 15 is 0 Å². The van der Waals surface area contributed by atoms with E-state index in [1.165, 1.54) is 0 Å². The maximum absolute atomic E-state index is 12.3. The van der Waals surface area contributed by atoms with Crippen LogP contribution in [0, 0.1) is 11.3 Å². The van der Waals surface area contributed by atoms with Crippen LogP contribution >= 0.6 is 0 Å². The molecule has 30 heavy (non-hydrogen) atoms. The topological polar surface area (TPSA) is 75.0 Å². The lowest BCUT2D eigenvalue weighted by Gasteiger charge is -2.37. The Balaban J connectivity index is 1.70. The van der Waals surface area contributed by atoms with Gasteiger partial charge in [0.2, 0.25) is 0 Å². The smallest absolute Gasteiger partial charge is 0.444 e. The fourth-order valence-electron chi connectivity index (χ4n) is 3.50. The molecule has 162 valence electrons. The molecule has 0 N–H and O–H groups in total. The number of hydrogen-bond donors (Lipinski definition) is 0. The number of ether oxygens (including phenoxy) is 1. The van der Waals surface area contributed by atoms with E-state index in [1.807, 2.05) is 66.7 Å². The summed E-state index contributed by atoms with van der Waals surface area (Å²) >= 11 is 0. The van der Waals surface area contributed by atoms with Crippen molar-refractivity contribution < 1.29 is 18.8 Å². The number of nitrogens with zero attached hydrogens (tertiary/aromatic N) is 3. The molecule has 1 aromatic carbocycles. The minimum Gasteiger partial charge on any atom is -0.444 e. The second-order valence-electron chi connectivity index (χ2n) is 9.93. The molecule has 8 heteroatoms. The van der Waals surface area contributed by atoms with E-state index in [1.54, 1.807) is 4.90 Å². The summed E-state index contributed by atoms with van der Waals surface area (Å²) in [5, 5.41) is 9.75. The van der Waals surface area contributed by atoms with Gasteiger partial charge < -0.3 is 23.8 Å². The first-order valence-corrected chi connectivity index (χ1v) is 10.5. The molecule has 0 radical (unpaired) electrons. The highest BCUT2D eigenvalue weighted by molar-refractivity contribution is 6.62. The molecule has 1 aromatic rings. The van der Waals surface area contributed by atoms with Crippen molar-refractivity contribution in [2.45, 2.75) is 65.3 Å². The molecule has 2 saturated heterocycles. The Kier molecular flexibility index (Phi) is 5.83. The van der Waals surface area contributed by atoms with E-state index in [0.717, 1.165) is 11.2 Å². The van der Waals surface area contributed by atoms with Crippen molar-refractivity contribution in [3.8, 4) is 6.07 Å². The van der Waals surface area contributed by atoms with Gasteiger partial charge in [0, 0.05) is 26.2 Å². The third kappa shape index (κ3) is 4.58. The zero-order valence-electron chi connectivity index (χ0n) is 19.1. The molecule has 0 aliphatic carbocycles. The quantitative estimate of drug-likeness (QED) is 0.695. The third-order valence-electron chi connectivity index (χ3n) is 5.94. The number of piperazine rings is 1. The van der Waals surface area contributed by atoms with E-state index in [9.17, 15) is 10.1 Å². The molecule has 3 rings (SSSR count). The standard InChI is InChI=1S/C22H32BN3O4/c1-20(2,3)28-19(27)26-12-10-25(11-13-26)18-9-8-17(14-16(18)15-24)23-29-21(4,5)22(6,7)30-23/h8-9,14H,10-13H2,1-7H3. The van der Waals surface area contributed by atoms with Crippen molar-refractivity contribution in [3.05, 3.63) is 23.8 Å². The largest absolute Gasteiger partial charge is 0.494 e. The normalized spacial score (nSPS) is 20.8. The third-order valence-corrected chi connectivity index (χ3v) is 5.94. The summed E-state index contributed by atoms with van der Waals surface area (Å²) in [7, 11) is -0.500. The fourth-order valence-corrected chi connectivity index (χ4v) is 3.50. The number of benzene rings is 1. The summed E-state index contributed by atoms with van der Waals surface area (Å²) in [5.74, 6) is 0. The lowest BCUT2D eigenvalue weighted by molar-refractivity contribution is 0.00578. The van der Waals surface area contributed by atoms with Crippen LogP contribution in [-0.2, 0) is 14.0 Å². The average molecular weight is 413 g/mol. The summed E-state index contributed by atoms with van der Waals surface area (Å²) < 4.78 is 17.7. The van der Waals surface area contributed by atoms with E-state index in [2.05, 4.69) is 11.0 Å². The van der Waals surface area contributed by atoms with Gasteiger partial charge in [-0.2, -0.15) is 5.26 Å². The summed E-state index contributed by atoms with van der Waals surface area (Å²) in [5.41, 5.74) is 0.907. The first-order valence-electron chi connectivity index (χ1n) is 10.5. The van der Waals surface area contributed by atoms with E-state index in [4.69, 9.17) is 14.0 Å². The molecule has 2 heterocycles. The van der Waals surface area contributed by atoms with Gasteiger partial charge in [-0.15, -0.1) is 0 Å². The molecule has 2 aliphatic rings. The van der Waals surface area contributed by atoms with Crippen LogP contribution in [0.25, 0.3) is 0 Å². The van der Waals surface area contributed by atoms with Crippen LogP contribution in [0.5, 0.6) is 0 Å². The Morgan fingerprint density at radius 3 is 2.17 bits per heavy atom. The second-order valence-corrected chi connectivity index (χ2v) is 9.93. The van der Waals surface area contributed by atoms with Gasteiger partial charge in [0.05, 0.1) is 22.5 Å². The Bertz CT molecular complexity index is 833. The van der Waals surface area contributed by atoms with Crippen LogP contribution in [0.4, 0.5) is 10.5 Å². The van der Waals surface area contributed by atoms with Crippen molar-refractivity contribution in [1.29, 1.82) is 5.26 Å². The van der Waals surface area contributed by atoms with Crippen LogP contribution < -0.4 is 10.4 Å². The number of nitriles is 1. The number of hydrogen-bond acceptors (Lipinski definition) is 6. The van der Waals surface area contributed by atoms with E-state index in [0.29, 0.717) is 31.7 Å². The lowest BCUT2D eigenvalue weighted by atomic mass is 9.78. The van der Waals surface area contributed by atoms with Gasteiger partial charge in [-0.1, -0.05) is 6.07 Å². The number of anilines is 1. The van der Waals surface area contributed by atoms with Crippen molar-refractivity contribution in [2.24, 2.45) is 0 Å². The Morgan fingerprint density at radius 1 is 1.10 bits per heavy atom. The van der Waals surface area contributed by atoms with Crippen LogP contribution in [0.15, 0.2) is 18.2 Å². The van der Waals surface area contributed by atoms with Crippen molar-refractivity contribution in [2.75, 3.05) is 31.1 Å². The molecule has 0 unspecified atom stereocenters. The van der Waals surface area contributed by atoms with Gasteiger partial charge in [-0.25, -0.2) is 4.79 Å². The monoisotopic (exact) mass is 413 g/mol. The fraction of sp³-hybridized carbons (Fsp3) is 0.636. The number of carbonyl (C=O) groups is 1. The van der Waals surface area contributed by atoms with Crippen molar-refractivity contribution in [1.82, 2.24) is 4.90 Å². The average Bonchev–Trinajstić information content (AvgIpc) is 2.87. The molecule has 7 nitrogen and oxygen atoms in total. The van der Waals surface area contributed by atoms with Gasteiger partial charge in [0.15, 0.2) is 0 Å². The second kappa shape index (κ2) is 7.79. The predicted octanol–water partition coefficient (Wildman–Crippen LogP) is 2.91. The minimum absolute atomic E-state index is 0.293. The van der Waals surface area contributed by atoms with Gasteiger partial charge in [0.1, 0.15) is 11.7 Å². The van der Waals surface area contributed by atoms with Gasteiger partial charge >= 0.3 is 13.2 Å². The van der Waals surface area contributed by atoms with Crippen molar-refractivity contribution in [3.63, 3.8) is 0 Å². The van der Waals surface area contributed by atoms with Crippen molar-refractivity contribution >= 4 is 24.4 Å². The van der Waals surface area contributed by atoms with Gasteiger partial charge in [-0.05, 0) is 66.1 Å². The molecular weight excluding hydrogens is 381 g/mol. The molecule has 0 spiro atoms. The summed E-state index contributed by atoms with van der Waals surface area (Å²) in [6.45, 7) is 16.0. The van der Waals surface area contributed by atoms with Gasteiger partial charge in [0.25, 0.3) is 0 Å². The molecule has 0 saturated carbocycles. The molecule has 0 bridgehead atoms. The molecule has 2 fully saturated rings. The van der Waals surface area contributed by atoms with E-state index < -0.39 is 23.9 Å². The lowest BCUT2D eigenvalue weighted by Crippen LogP contribution is -2.50. The van der Waals surface area contributed by atoms with Crippen LogP contribution in [0.1, 0.15) is 54.0 Å². The molecule has 0 atom stereocenters. The highest BCUT2D eigenvalue weighted by Gasteiger charge is 2.51. The summed E-state index contributed by atoms with van der Waals surface area (Å²) in [6.07, 6.45) is -0.293. The Labute approximate surface area is 180 Å². The molecule has 0 aromatic heterocycles. The molecule has 2 aliphatic heterocycles. The number of amides is 1. The SMILES string of the molecule is CC(C)(C)OC(=O)N1CCN(c2ccc(B3OC(C)(C)C(C)(C)O3)cc2C#N)CC1. The summed E-state index contributed by atoms with van der Waals surface area (Å²) in [6, 6.07) is 8.05. The first-order chi connectivity index (χ1) is 13.8. The Morgan fingerprint density at radius 2 is 1.67 bits per heavy atom. The van der Waals surface area contributed by atoms with E-state index in [-0.39, 0.29) is 6.09 Å².